The molecule has 0 amide bonds. The van der Waals surface area contributed by atoms with Crippen LogP contribution in [0.5, 0.6) is 0 Å². The molecule has 0 unspecified atom stereocenters. The Kier molecular flexibility index (Phi) is 18.5. The Balaban J connectivity index is 0.000000143. The average molecular weight is 1720 g/mol. The van der Waals surface area contributed by atoms with Crippen LogP contribution in [0.3, 0.4) is 0 Å². The molecule has 0 radical (unpaired) electrons. The van der Waals surface area contributed by atoms with E-state index in [1.54, 1.807) is 0 Å². The lowest BCUT2D eigenvalue weighted by Gasteiger charge is -2.17. The van der Waals surface area contributed by atoms with Crippen molar-refractivity contribution >= 4 is 131 Å². The Morgan fingerprint density at radius 2 is 0.403 bits per heavy atom. The van der Waals surface area contributed by atoms with E-state index in [1.165, 1.54) is 159 Å². The summed E-state index contributed by atoms with van der Waals surface area (Å²) in [5, 5.41) is 14.8. The quantitative estimate of drug-likeness (QED) is 0.122. The van der Waals surface area contributed by atoms with Crippen molar-refractivity contribution in [2.45, 2.75) is 55.4 Å². The third-order valence-electron chi connectivity index (χ3n) is 27.4. The summed E-state index contributed by atoms with van der Waals surface area (Å²) in [4.78, 5) is 20.7. The molecule has 0 N–H and O–H groups in total. The summed E-state index contributed by atoms with van der Waals surface area (Å²) in [6.07, 6.45) is 0. The normalized spacial score (nSPS) is 11.9. The van der Waals surface area contributed by atoms with Gasteiger partial charge < -0.3 is 27.4 Å². The van der Waals surface area contributed by atoms with E-state index >= 15 is 0 Å². The molecule has 0 bridgehead atoms. The van der Waals surface area contributed by atoms with Gasteiger partial charge in [-0.15, -0.1) is 0 Å². The summed E-state index contributed by atoms with van der Waals surface area (Å²) >= 11 is 0. The molecular weight excluding hydrogens is 1630 g/mol. The topological polar surface area (TPSA) is 81.1 Å². The molecule has 636 valence electrons. The van der Waals surface area contributed by atoms with Crippen molar-refractivity contribution in [3.8, 4) is 102 Å². The zero-order valence-electron chi connectivity index (χ0n) is 75.6. The minimum atomic E-state index is 0.715. The first-order chi connectivity index (χ1) is 65.7. The molecule has 0 fully saturated rings. The molecule has 0 aliphatic heterocycles. The lowest BCUT2D eigenvalue weighted by Crippen LogP contribution is -2.02. The third-order valence-corrected chi connectivity index (χ3v) is 27.4. The molecular formula is C124H90N10. The van der Waals surface area contributed by atoms with Crippen molar-refractivity contribution in [2.75, 3.05) is 0 Å². The fourth-order valence-corrected chi connectivity index (χ4v) is 21.2. The summed E-state index contributed by atoms with van der Waals surface area (Å²) in [6.45, 7) is 17.3. The summed E-state index contributed by atoms with van der Waals surface area (Å²) in [6, 6.07) is 146. The molecule has 0 aliphatic carbocycles. The van der Waals surface area contributed by atoms with Crippen LogP contribution >= 0.6 is 0 Å². The lowest BCUT2D eigenvalue weighted by atomic mass is 10.00. The minimum absolute atomic E-state index is 0.715. The van der Waals surface area contributed by atoms with E-state index in [-0.39, 0.29) is 0 Å². The van der Waals surface area contributed by atoms with Crippen molar-refractivity contribution in [2.24, 2.45) is 0 Å². The predicted octanol–water partition coefficient (Wildman–Crippen LogP) is 32.0. The standard InChI is InChI=1S/2C62H45N5/c1-38-21-25-42(26-22-38)53-37-54(64-62(63-53)43-27-23-39(2)24-28-43)44-33-40(3)61(41(4)34-44)67-59-31-29-45(65-55-17-9-5-13-47(55)48-14-6-10-18-56(48)65)35-51(59)52-36-46(30-32-60(52)67)66-57-19-11-7-15-49(57)50-16-8-12-20-58(50)66;1-38-11-9-13-43(31-38)55-37-54(63-62(64-55)44-14-10-12-39(2)32-44)42-21-23-45(24-22-42)65-60-29-25-46(66-56-17-7-5-15-48(56)50-33-40(3)19-27-58(50)66)35-52(60)53-36-47(26-30-61(53)65)67-57-18-8-6-16-49(57)51-34-41(4)20-28-59(51)67/h2*5-37H,1-4H3. The first kappa shape index (κ1) is 79.1. The summed E-state index contributed by atoms with van der Waals surface area (Å²) in [5.74, 6) is 1.43. The number of rotatable bonds is 12. The van der Waals surface area contributed by atoms with E-state index in [4.69, 9.17) is 19.9 Å². The highest BCUT2D eigenvalue weighted by molar-refractivity contribution is 6.17. The average Bonchev–Trinajstić information content (AvgIpc) is 1.56. The van der Waals surface area contributed by atoms with Gasteiger partial charge in [0.15, 0.2) is 11.6 Å². The maximum Gasteiger partial charge on any atom is 0.160 e. The maximum absolute atomic E-state index is 5.25. The van der Waals surface area contributed by atoms with Gasteiger partial charge in [-0.2, -0.15) is 0 Å². The van der Waals surface area contributed by atoms with E-state index in [0.717, 1.165) is 107 Å². The summed E-state index contributed by atoms with van der Waals surface area (Å²) < 4.78 is 14.6. The molecule has 0 spiro atoms. The molecule has 18 aromatic carbocycles. The fraction of sp³-hybridized carbons (Fsp3) is 0.0645. The lowest BCUT2D eigenvalue weighted by molar-refractivity contribution is 1.11. The number of hydrogen-bond acceptors (Lipinski definition) is 4. The predicted molar refractivity (Wildman–Crippen MR) is 561 cm³/mol. The first-order valence-corrected chi connectivity index (χ1v) is 46.1. The number of para-hydroxylation sites is 6. The number of fused-ring (bicyclic) bond motifs is 18. The molecule has 134 heavy (non-hydrogen) atoms. The zero-order chi connectivity index (χ0) is 89.8. The number of aromatic nitrogens is 10. The summed E-state index contributed by atoms with van der Waals surface area (Å²) in [5.41, 5.74) is 40.4. The molecule has 26 rings (SSSR count). The van der Waals surface area contributed by atoms with Gasteiger partial charge in [-0.05, 0) is 249 Å². The van der Waals surface area contributed by atoms with Crippen LogP contribution in [0.15, 0.2) is 400 Å². The van der Waals surface area contributed by atoms with Crippen LogP contribution in [0.2, 0.25) is 0 Å². The Morgan fingerprint density at radius 1 is 0.149 bits per heavy atom. The smallest absolute Gasteiger partial charge is 0.160 e. The van der Waals surface area contributed by atoms with Gasteiger partial charge in [0.05, 0.1) is 94.7 Å². The molecule has 8 aromatic heterocycles. The highest BCUT2D eigenvalue weighted by Gasteiger charge is 2.26. The van der Waals surface area contributed by atoms with Crippen LogP contribution in [0, 0.1) is 55.4 Å². The van der Waals surface area contributed by atoms with E-state index in [2.05, 4.69) is 483 Å². The molecule has 0 saturated carbocycles. The van der Waals surface area contributed by atoms with Gasteiger partial charge in [0.25, 0.3) is 0 Å². The fourth-order valence-electron chi connectivity index (χ4n) is 21.2. The molecule has 10 nitrogen and oxygen atoms in total. The molecule has 0 saturated heterocycles. The van der Waals surface area contributed by atoms with Crippen LogP contribution in [0.25, 0.3) is 233 Å². The Morgan fingerprint density at radius 3 is 0.776 bits per heavy atom. The second-order valence-electron chi connectivity index (χ2n) is 36.4. The first-order valence-electron chi connectivity index (χ1n) is 46.1. The van der Waals surface area contributed by atoms with Crippen molar-refractivity contribution in [3.05, 3.63) is 445 Å². The van der Waals surface area contributed by atoms with Crippen molar-refractivity contribution in [3.63, 3.8) is 0 Å². The number of hydrogen-bond donors (Lipinski definition) is 0. The van der Waals surface area contributed by atoms with Crippen molar-refractivity contribution in [1.29, 1.82) is 0 Å². The van der Waals surface area contributed by atoms with Crippen LogP contribution < -0.4 is 0 Å². The highest BCUT2D eigenvalue weighted by Crippen LogP contribution is 2.46. The minimum Gasteiger partial charge on any atom is -0.309 e. The maximum atomic E-state index is 5.25. The van der Waals surface area contributed by atoms with Crippen LogP contribution in [0.1, 0.15) is 44.5 Å². The van der Waals surface area contributed by atoms with E-state index in [1.807, 2.05) is 0 Å². The van der Waals surface area contributed by atoms with Gasteiger partial charge in [-0.1, -0.05) is 252 Å². The Hall–Kier alpha value is -17.1. The molecule has 0 aliphatic rings. The van der Waals surface area contributed by atoms with Crippen molar-refractivity contribution < 1.29 is 0 Å². The van der Waals surface area contributed by atoms with E-state index in [0.29, 0.717) is 11.6 Å². The number of nitrogens with zero attached hydrogens (tertiary/aromatic N) is 10. The van der Waals surface area contributed by atoms with Crippen LogP contribution in [-0.2, 0) is 0 Å². The Bertz CT molecular complexity index is 8740. The van der Waals surface area contributed by atoms with Gasteiger partial charge in [-0.3, -0.25) is 0 Å². The number of aryl methyl sites for hydroxylation is 8. The van der Waals surface area contributed by atoms with Crippen LogP contribution in [0.4, 0.5) is 0 Å². The number of benzene rings is 18. The van der Waals surface area contributed by atoms with Gasteiger partial charge in [0, 0.05) is 126 Å². The van der Waals surface area contributed by atoms with E-state index < -0.39 is 0 Å². The second-order valence-corrected chi connectivity index (χ2v) is 36.4. The van der Waals surface area contributed by atoms with E-state index in [9.17, 15) is 0 Å². The highest BCUT2D eigenvalue weighted by atomic mass is 15.0. The molecule has 8 heterocycles. The molecule has 10 heteroatoms. The van der Waals surface area contributed by atoms with Gasteiger partial charge in [-0.25, -0.2) is 19.9 Å². The van der Waals surface area contributed by atoms with Gasteiger partial charge >= 0.3 is 0 Å². The van der Waals surface area contributed by atoms with Gasteiger partial charge in [0.2, 0.25) is 0 Å². The van der Waals surface area contributed by atoms with Gasteiger partial charge in [0.1, 0.15) is 0 Å². The Labute approximate surface area is 775 Å². The third kappa shape index (κ3) is 13.1. The SMILES string of the molecule is Cc1ccc(-c2cc(-c3cc(C)c(-n4c5ccc(-n6c7ccccc7c7ccccc76)cc5c5cc(-n6c7ccccc7c7ccccc76)ccc54)c(C)c3)nc(-c3ccc(C)cc3)n2)cc1.Cc1cccc(-c2cc(-c3ccc(-n4c5ccc(-n6c7ccccc7c7cc(C)ccc76)cc5c5cc(-n6c7ccccc7c7cc(C)ccc76)ccc54)cc3)nc(-c3cccc(C)c3)n2)c1. The summed E-state index contributed by atoms with van der Waals surface area (Å²) in [7, 11) is 0. The molecule has 26 aromatic rings. The molecule has 0 atom stereocenters. The monoisotopic (exact) mass is 1720 g/mol. The zero-order valence-corrected chi connectivity index (χ0v) is 75.6. The van der Waals surface area contributed by atoms with Crippen LogP contribution in [-0.4, -0.2) is 47.3 Å². The second kappa shape index (κ2) is 31.4. The van der Waals surface area contributed by atoms with Crippen molar-refractivity contribution in [1.82, 2.24) is 47.3 Å². The largest absolute Gasteiger partial charge is 0.309 e.